The van der Waals surface area contributed by atoms with Gasteiger partial charge in [-0.3, -0.25) is 14.4 Å². The van der Waals surface area contributed by atoms with E-state index in [2.05, 4.69) is 20.4 Å². The molecule has 0 aromatic carbocycles. The summed E-state index contributed by atoms with van der Waals surface area (Å²) in [5.74, 6) is 1.35. The van der Waals surface area contributed by atoms with Crippen LogP contribution in [0.25, 0.3) is 0 Å². The van der Waals surface area contributed by atoms with Gasteiger partial charge in [0.15, 0.2) is 0 Å². The van der Waals surface area contributed by atoms with Crippen LogP contribution in [0.15, 0.2) is 18.3 Å². The summed E-state index contributed by atoms with van der Waals surface area (Å²) in [6.07, 6.45) is 2.41. The number of nitrogens with zero attached hydrogens (tertiary/aromatic N) is 5. The summed E-state index contributed by atoms with van der Waals surface area (Å²) in [6.45, 7) is 4.48. The van der Waals surface area contributed by atoms with Crippen LogP contribution >= 0.6 is 0 Å². The van der Waals surface area contributed by atoms with Crippen LogP contribution in [-0.2, 0) is 11.8 Å². The van der Waals surface area contributed by atoms with Crippen LogP contribution in [0.1, 0.15) is 17.8 Å². The first-order valence-corrected chi connectivity index (χ1v) is 6.93. The highest BCUT2D eigenvalue weighted by Gasteiger charge is 2.34. The van der Waals surface area contributed by atoms with Crippen molar-refractivity contribution in [3.63, 3.8) is 0 Å². The van der Waals surface area contributed by atoms with Crippen LogP contribution in [0.4, 0.5) is 11.8 Å². The lowest BCUT2D eigenvalue weighted by atomic mass is 10.2. The SMILES string of the molecule is Cc1ccnc(NC2CCN(c3cc(C)nn3C)C2=O)n1. The Morgan fingerprint density at radius 3 is 2.81 bits per heavy atom. The van der Waals surface area contributed by atoms with Gasteiger partial charge in [0.1, 0.15) is 11.9 Å². The van der Waals surface area contributed by atoms with E-state index in [1.54, 1.807) is 15.8 Å². The highest BCUT2D eigenvalue weighted by Crippen LogP contribution is 2.23. The van der Waals surface area contributed by atoms with Crippen LogP contribution in [-0.4, -0.2) is 38.2 Å². The number of anilines is 2. The topological polar surface area (TPSA) is 75.9 Å². The minimum atomic E-state index is -0.290. The molecule has 1 unspecified atom stereocenters. The Balaban J connectivity index is 1.76. The number of carbonyl (C=O) groups is 1. The maximum absolute atomic E-state index is 12.5. The molecule has 1 saturated heterocycles. The monoisotopic (exact) mass is 286 g/mol. The van der Waals surface area contributed by atoms with E-state index < -0.39 is 0 Å². The van der Waals surface area contributed by atoms with E-state index in [4.69, 9.17) is 0 Å². The van der Waals surface area contributed by atoms with Gasteiger partial charge in [0, 0.05) is 31.5 Å². The number of hydrogen-bond acceptors (Lipinski definition) is 5. The zero-order chi connectivity index (χ0) is 15.0. The number of aryl methyl sites for hydroxylation is 3. The van der Waals surface area contributed by atoms with Crippen LogP contribution < -0.4 is 10.2 Å². The number of hydrogen-bond donors (Lipinski definition) is 1. The van der Waals surface area contributed by atoms with E-state index in [9.17, 15) is 4.79 Å². The molecule has 7 heteroatoms. The van der Waals surface area contributed by atoms with Crippen LogP contribution in [0.5, 0.6) is 0 Å². The number of nitrogens with one attached hydrogen (secondary N) is 1. The van der Waals surface area contributed by atoms with Crippen LogP contribution in [0, 0.1) is 13.8 Å². The van der Waals surface area contributed by atoms with E-state index >= 15 is 0 Å². The molecule has 1 aliphatic rings. The molecule has 1 N–H and O–H groups in total. The standard InChI is InChI=1S/C14H18N6O/c1-9-4-6-15-14(16-9)17-11-5-7-20(13(11)21)12-8-10(2)18-19(12)3/h4,6,8,11H,5,7H2,1-3H3,(H,15,16,17). The lowest BCUT2D eigenvalue weighted by Crippen LogP contribution is -2.34. The van der Waals surface area contributed by atoms with Gasteiger partial charge >= 0.3 is 0 Å². The van der Waals surface area contributed by atoms with Crippen molar-refractivity contribution in [2.24, 2.45) is 7.05 Å². The van der Waals surface area contributed by atoms with Gasteiger partial charge in [0.25, 0.3) is 5.91 Å². The second kappa shape index (κ2) is 5.16. The van der Waals surface area contributed by atoms with Crippen LogP contribution in [0.3, 0.4) is 0 Å². The van der Waals surface area contributed by atoms with Gasteiger partial charge in [-0.2, -0.15) is 5.10 Å². The van der Waals surface area contributed by atoms with Crippen molar-refractivity contribution in [3.8, 4) is 0 Å². The summed E-state index contributed by atoms with van der Waals surface area (Å²) in [4.78, 5) is 22.7. The Bertz CT molecular complexity index is 680. The quantitative estimate of drug-likeness (QED) is 0.912. The smallest absolute Gasteiger partial charge is 0.250 e. The van der Waals surface area contributed by atoms with Crippen molar-refractivity contribution < 1.29 is 4.79 Å². The Hall–Kier alpha value is -2.44. The predicted octanol–water partition coefficient (Wildman–Crippen LogP) is 1.04. The molecule has 1 amide bonds. The third-order valence-corrected chi connectivity index (χ3v) is 3.56. The van der Waals surface area contributed by atoms with E-state index in [1.165, 1.54) is 0 Å². The summed E-state index contributed by atoms with van der Waals surface area (Å²) in [6, 6.07) is 3.46. The molecule has 1 aliphatic heterocycles. The first-order chi connectivity index (χ1) is 10.0. The average molecular weight is 286 g/mol. The minimum Gasteiger partial charge on any atom is -0.342 e. The lowest BCUT2D eigenvalue weighted by Gasteiger charge is -2.16. The van der Waals surface area contributed by atoms with Crippen molar-refractivity contribution >= 4 is 17.7 Å². The van der Waals surface area contributed by atoms with Crippen molar-refractivity contribution in [1.82, 2.24) is 19.7 Å². The second-order valence-electron chi connectivity index (χ2n) is 5.26. The maximum Gasteiger partial charge on any atom is 0.250 e. The third kappa shape index (κ3) is 2.58. The molecule has 3 rings (SSSR count). The first kappa shape index (κ1) is 13.5. The summed E-state index contributed by atoms with van der Waals surface area (Å²) in [5, 5.41) is 7.40. The predicted molar refractivity (Wildman–Crippen MR) is 79.1 cm³/mol. The van der Waals surface area contributed by atoms with Gasteiger partial charge in [-0.25, -0.2) is 9.97 Å². The lowest BCUT2D eigenvalue weighted by molar-refractivity contribution is -0.117. The van der Waals surface area contributed by atoms with E-state index in [0.29, 0.717) is 12.5 Å². The van der Waals surface area contributed by atoms with E-state index in [1.807, 2.05) is 33.0 Å². The molecule has 1 fully saturated rings. The van der Waals surface area contributed by atoms with Gasteiger partial charge in [-0.1, -0.05) is 0 Å². The number of rotatable bonds is 3. The molecule has 0 aliphatic carbocycles. The molecule has 1 atom stereocenters. The summed E-state index contributed by atoms with van der Waals surface area (Å²) >= 11 is 0. The van der Waals surface area contributed by atoms with Crippen LogP contribution in [0.2, 0.25) is 0 Å². The van der Waals surface area contributed by atoms with Gasteiger partial charge in [-0.15, -0.1) is 0 Å². The van der Waals surface area contributed by atoms with Gasteiger partial charge in [0.05, 0.1) is 5.69 Å². The van der Waals surface area contributed by atoms with Gasteiger partial charge in [-0.05, 0) is 26.3 Å². The number of carbonyl (C=O) groups excluding carboxylic acids is 1. The Morgan fingerprint density at radius 1 is 1.33 bits per heavy atom. The Labute approximate surface area is 123 Å². The molecular formula is C14H18N6O. The van der Waals surface area contributed by atoms with Crippen molar-refractivity contribution in [3.05, 3.63) is 29.7 Å². The minimum absolute atomic E-state index is 0.0307. The Morgan fingerprint density at radius 2 is 2.14 bits per heavy atom. The number of aromatic nitrogens is 4. The summed E-state index contributed by atoms with van der Waals surface area (Å²) < 4.78 is 1.73. The first-order valence-electron chi connectivity index (χ1n) is 6.93. The second-order valence-corrected chi connectivity index (χ2v) is 5.26. The molecule has 0 spiro atoms. The van der Waals surface area contributed by atoms with Crippen molar-refractivity contribution in [1.29, 1.82) is 0 Å². The third-order valence-electron chi connectivity index (χ3n) is 3.56. The number of amides is 1. The van der Waals surface area contributed by atoms with Gasteiger partial charge in [0.2, 0.25) is 5.95 Å². The highest BCUT2D eigenvalue weighted by molar-refractivity contribution is 6.00. The zero-order valence-electron chi connectivity index (χ0n) is 12.4. The average Bonchev–Trinajstić information content (AvgIpc) is 2.93. The molecule has 21 heavy (non-hydrogen) atoms. The highest BCUT2D eigenvalue weighted by atomic mass is 16.2. The fraction of sp³-hybridized carbons (Fsp3) is 0.429. The molecule has 0 radical (unpaired) electrons. The molecule has 0 bridgehead atoms. The molecule has 2 aromatic rings. The molecule has 110 valence electrons. The largest absolute Gasteiger partial charge is 0.342 e. The van der Waals surface area contributed by atoms with Crippen molar-refractivity contribution in [2.75, 3.05) is 16.8 Å². The molecule has 3 heterocycles. The Kier molecular flexibility index (Phi) is 3.32. The van der Waals surface area contributed by atoms with Gasteiger partial charge < -0.3 is 5.32 Å². The molecular weight excluding hydrogens is 268 g/mol. The normalized spacial score (nSPS) is 18.3. The summed E-state index contributed by atoms with van der Waals surface area (Å²) in [5.41, 5.74) is 1.77. The zero-order valence-corrected chi connectivity index (χ0v) is 12.4. The van der Waals surface area contributed by atoms with E-state index in [-0.39, 0.29) is 11.9 Å². The van der Waals surface area contributed by atoms with Crippen molar-refractivity contribution in [2.45, 2.75) is 26.3 Å². The fourth-order valence-electron chi connectivity index (χ4n) is 2.57. The van der Waals surface area contributed by atoms with E-state index in [0.717, 1.165) is 23.6 Å². The molecule has 7 nitrogen and oxygen atoms in total. The summed E-state index contributed by atoms with van der Waals surface area (Å²) in [7, 11) is 1.85. The molecule has 0 saturated carbocycles. The maximum atomic E-state index is 12.5. The molecule has 2 aromatic heterocycles. The fourth-order valence-corrected chi connectivity index (χ4v) is 2.57.